The van der Waals surface area contributed by atoms with Crippen molar-refractivity contribution < 1.29 is 9.90 Å². The smallest absolute Gasteiger partial charge is 0.238 e. The zero-order valence-electron chi connectivity index (χ0n) is 11.0. The van der Waals surface area contributed by atoms with Gasteiger partial charge in [0.25, 0.3) is 0 Å². The minimum absolute atomic E-state index is 0.0490. The molecule has 1 amide bonds. The van der Waals surface area contributed by atoms with E-state index in [9.17, 15) is 4.79 Å². The first-order chi connectivity index (χ1) is 8.93. The number of anilines is 1. The van der Waals surface area contributed by atoms with Crippen LogP contribution in [0.2, 0.25) is 0 Å². The van der Waals surface area contributed by atoms with Crippen LogP contribution in [0, 0.1) is 0 Å². The highest BCUT2D eigenvalue weighted by molar-refractivity contribution is 9.11. The number of aliphatic hydroxyl groups is 1. The number of nitrogens with one attached hydrogen (secondary N) is 1. The molecule has 4 nitrogen and oxygen atoms in total. The number of carbonyl (C=O) groups is 1. The Hall–Kier alpha value is -0.430. The van der Waals surface area contributed by atoms with E-state index < -0.39 is 0 Å². The van der Waals surface area contributed by atoms with E-state index in [1.54, 1.807) is 0 Å². The van der Waals surface area contributed by atoms with Gasteiger partial charge in [0.15, 0.2) is 0 Å². The van der Waals surface area contributed by atoms with Crippen LogP contribution in [-0.2, 0) is 4.79 Å². The van der Waals surface area contributed by atoms with E-state index in [2.05, 4.69) is 37.2 Å². The fourth-order valence-corrected chi connectivity index (χ4v) is 2.76. The van der Waals surface area contributed by atoms with Gasteiger partial charge in [-0.05, 0) is 48.0 Å². The average Bonchev–Trinajstić information content (AvgIpc) is 2.32. The van der Waals surface area contributed by atoms with Gasteiger partial charge in [0, 0.05) is 21.5 Å². The fourth-order valence-electron chi connectivity index (χ4n) is 1.61. The van der Waals surface area contributed by atoms with E-state index in [0.717, 1.165) is 14.6 Å². The van der Waals surface area contributed by atoms with Crippen molar-refractivity contribution >= 4 is 43.5 Å². The second-order valence-electron chi connectivity index (χ2n) is 4.46. The topological polar surface area (TPSA) is 52.6 Å². The zero-order chi connectivity index (χ0) is 14.4. The maximum Gasteiger partial charge on any atom is 0.238 e. The lowest BCUT2D eigenvalue weighted by Gasteiger charge is -2.24. The SMILES string of the molecule is CC(C)N(CCO)CC(=O)Nc1ccc(Br)cc1Br. The van der Waals surface area contributed by atoms with E-state index >= 15 is 0 Å². The third-order valence-electron chi connectivity index (χ3n) is 2.67. The second kappa shape index (κ2) is 7.99. The van der Waals surface area contributed by atoms with Crippen molar-refractivity contribution in [2.75, 3.05) is 25.0 Å². The lowest BCUT2D eigenvalue weighted by molar-refractivity contribution is -0.117. The Labute approximate surface area is 130 Å². The maximum atomic E-state index is 12.0. The van der Waals surface area contributed by atoms with Gasteiger partial charge in [0.05, 0.1) is 18.8 Å². The van der Waals surface area contributed by atoms with E-state index in [1.807, 2.05) is 36.9 Å². The molecule has 1 rings (SSSR count). The predicted octanol–water partition coefficient (Wildman–Crippen LogP) is 2.85. The van der Waals surface area contributed by atoms with E-state index in [-0.39, 0.29) is 25.1 Å². The van der Waals surface area contributed by atoms with Crippen molar-refractivity contribution in [3.05, 3.63) is 27.1 Å². The third kappa shape index (κ3) is 5.60. The standard InChI is InChI=1S/C13H18Br2N2O2/c1-9(2)17(5-6-18)8-13(19)16-12-4-3-10(14)7-11(12)15/h3-4,7,9,18H,5-6,8H2,1-2H3,(H,16,19). The summed E-state index contributed by atoms with van der Waals surface area (Å²) in [4.78, 5) is 13.9. The molecule has 0 aliphatic carbocycles. The van der Waals surface area contributed by atoms with E-state index in [0.29, 0.717) is 6.54 Å². The van der Waals surface area contributed by atoms with Crippen LogP contribution in [-0.4, -0.2) is 41.7 Å². The number of benzene rings is 1. The molecule has 1 aromatic rings. The van der Waals surface area contributed by atoms with Crippen LogP contribution in [0.5, 0.6) is 0 Å². The van der Waals surface area contributed by atoms with Crippen molar-refractivity contribution in [2.24, 2.45) is 0 Å². The number of nitrogens with zero attached hydrogens (tertiary/aromatic N) is 1. The highest BCUT2D eigenvalue weighted by atomic mass is 79.9. The fraction of sp³-hybridized carbons (Fsp3) is 0.462. The van der Waals surface area contributed by atoms with Gasteiger partial charge < -0.3 is 10.4 Å². The van der Waals surface area contributed by atoms with Gasteiger partial charge in [-0.3, -0.25) is 9.69 Å². The Morgan fingerprint density at radius 3 is 2.63 bits per heavy atom. The molecule has 0 saturated heterocycles. The number of halogens is 2. The minimum atomic E-state index is -0.0924. The first kappa shape index (κ1) is 16.6. The van der Waals surface area contributed by atoms with Crippen molar-refractivity contribution in [3.8, 4) is 0 Å². The summed E-state index contributed by atoms with van der Waals surface area (Å²) in [5.74, 6) is -0.0924. The van der Waals surface area contributed by atoms with E-state index in [4.69, 9.17) is 5.11 Å². The summed E-state index contributed by atoms with van der Waals surface area (Å²) >= 11 is 6.77. The average molecular weight is 394 g/mol. The summed E-state index contributed by atoms with van der Waals surface area (Å²) in [5, 5.41) is 11.8. The molecule has 6 heteroatoms. The molecule has 1 aromatic carbocycles. The Morgan fingerprint density at radius 2 is 2.11 bits per heavy atom. The molecule has 0 unspecified atom stereocenters. The number of aliphatic hydroxyl groups excluding tert-OH is 1. The molecule has 0 aliphatic heterocycles. The van der Waals surface area contributed by atoms with Crippen molar-refractivity contribution in [1.82, 2.24) is 4.90 Å². The quantitative estimate of drug-likeness (QED) is 0.781. The maximum absolute atomic E-state index is 12.0. The first-order valence-corrected chi connectivity index (χ1v) is 7.62. The Balaban J connectivity index is 2.63. The summed E-state index contributed by atoms with van der Waals surface area (Å²) in [6.07, 6.45) is 0. The summed E-state index contributed by atoms with van der Waals surface area (Å²) in [6.45, 7) is 4.80. The van der Waals surface area contributed by atoms with Crippen LogP contribution in [0.3, 0.4) is 0 Å². The molecule has 0 aliphatic rings. The summed E-state index contributed by atoms with van der Waals surface area (Å²) in [5.41, 5.74) is 0.737. The molecule has 2 N–H and O–H groups in total. The monoisotopic (exact) mass is 392 g/mol. The number of hydrogen-bond acceptors (Lipinski definition) is 3. The highest BCUT2D eigenvalue weighted by Crippen LogP contribution is 2.26. The molecule has 0 spiro atoms. The molecule has 0 radical (unpaired) electrons. The van der Waals surface area contributed by atoms with Crippen molar-refractivity contribution in [2.45, 2.75) is 19.9 Å². The molecule has 19 heavy (non-hydrogen) atoms. The molecule has 106 valence electrons. The second-order valence-corrected chi connectivity index (χ2v) is 6.23. The van der Waals surface area contributed by atoms with Crippen LogP contribution in [0.4, 0.5) is 5.69 Å². The van der Waals surface area contributed by atoms with Gasteiger partial charge in [-0.2, -0.15) is 0 Å². The molecule has 0 heterocycles. The van der Waals surface area contributed by atoms with Crippen LogP contribution >= 0.6 is 31.9 Å². The number of rotatable bonds is 6. The van der Waals surface area contributed by atoms with Crippen molar-refractivity contribution in [3.63, 3.8) is 0 Å². The third-order valence-corrected chi connectivity index (χ3v) is 3.82. The predicted molar refractivity (Wildman–Crippen MR) is 84.3 cm³/mol. The molecular weight excluding hydrogens is 376 g/mol. The van der Waals surface area contributed by atoms with Gasteiger partial charge >= 0.3 is 0 Å². The number of hydrogen-bond donors (Lipinski definition) is 2. The van der Waals surface area contributed by atoms with Gasteiger partial charge in [-0.15, -0.1) is 0 Å². The Kier molecular flexibility index (Phi) is 6.99. The van der Waals surface area contributed by atoms with Crippen LogP contribution < -0.4 is 5.32 Å². The van der Waals surface area contributed by atoms with Crippen LogP contribution in [0.1, 0.15) is 13.8 Å². The largest absolute Gasteiger partial charge is 0.395 e. The van der Waals surface area contributed by atoms with Gasteiger partial charge in [-0.1, -0.05) is 15.9 Å². The lowest BCUT2D eigenvalue weighted by atomic mass is 10.3. The van der Waals surface area contributed by atoms with Crippen LogP contribution in [0.15, 0.2) is 27.1 Å². The molecule has 0 bridgehead atoms. The summed E-state index contributed by atoms with van der Waals surface area (Å²) in [7, 11) is 0. The van der Waals surface area contributed by atoms with Crippen LogP contribution in [0.25, 0.3) is 0 Å². The number of amides is 1. The molecule has 0 aromatic heterocycles. The first-order valence-electron chi connectivity index (χ1n) is 6.04. The molecule has 0 saturated carbocycles. The number of carbonyl (C=O) groups excluding carboxylic acids is 1. The summed E-state index contributed by atoms with van der Waals surface area (Å²) in [6, 6.07) is 5.79. The molecule has 0 atom stereocenters. The van der Waals surface area contributed by atoms with Crippen molar-refractivity contribution in [1.29, 1.82) is 0 Å². The Bertz CT molecular complexity index is 439. The summed E-state index contributed by atoms with van der Waals surface area (Å²) < 4.78 is 1.77. The minimum Gasteiger partial charge on any atom is -0.395 e. The van der Waals surface area contributed by atoms with Gasteiger partial charge in [0.2, 0.25) is 5.91 Å². The zero-order valence-corrected chi connectivity index (χ0v) is 14.2. The lowest BCUT2D eigenvalue weighted by Crippen LogP contribution is -2.39. The molecular formula is C13H18Br2N2O2. The van der Waals surface area contributed by atoms with Gasteiger partial charge in [0.1, 0.15) is 0 Å². The Morgan fingerprint density at radius 1 is 1.42 bits per heavy atom. The van der Waals surface area contributed by atoms with Gasteiger partial charge in [-0.25, -0.2) is 0 Å². The normalized spacial score (nSPS) is 11.1. The molecule has 0 fully saturated rings. The van der Waals surface area contributed by atoms with E-state index in [1.165, 1.54) is 0 Å². The highest BCUT2D eigenvalue weighted by Gasteiger charge is 2.14.